The Balaban J connectivity index is 2.33. The zero-order valence-electron chi connectivity index (χ0n) is 11.6. The van der Waals surface area contributed by atoms with Crippen LogP contribution >= 0.6 is 11.6 Å². The third-order valence-corrected chi connectivity index (χ3v) is 3.69. The summed E-state index contributed by atoms with van der Waals surface area (Å²) in [4.78, 5) is 4.58. The number of fused-ring (bicyclic) bond motifs is 1. The molecule has 5 heteroatoms. The van der Waals surface area contributed by atoms with Crippen LogP contribution in [0.15, 0.2) is 36.4 Å². The van der Waals surface area contributed by atoms with Gasteiger partial charge in [-0.2, -0.15) is 0 Å². The molecule has 1 aromatic heterocycles. The number of nitrogens with two attached hydrogens (primary N) is 1. The highest BCUT2D eigenvalue weighted by Gasteiger charge is 2.16. The predicted molar refractivity (Wildman–Crippen MR) is 84.4 cm³/mol. The Labute approximate surface area is 127 Å². The van der Waals surface area contributed by atoms with Crippen LogP contribution in [0.3, 0.4) is 0 Å². The van der Waals surface area contributed by atoms with Crippen LogP contribution < -0.4 is 5.73 Å². The molecular weight excluding hydrogens is 289 g/mol. The van der Waals surface area contributed by atoms with Crippen molar-refractivity contribution in [1.29, 1.82) is 0 Å². The van der Waals surface area contributed by atoms with E-state index >= 15 is 0 Å². The Morgan fingerprint density at radius 2 is 2.10 bits per heavy atom. The fourth-order valence-corrected chi connectivity index (χ4v) is 2.64. The van der Waals surface area contributed by atoms with Gasteiger partial charge in [-0.05, 0) is 36.8 Å². The smallest absolute Gasteiger partial charge is 0.165 e. The van der Waals surface area contributed by atoms with Gasteiger partial charge < -0.3 is 5.73 Å². The predicted octanol–water partition coefficient (Wildman–Crippen LogP) is 4.35. The maximum atomic E-state index is 14.4. The van der Waals surface area contributed by atoms with E-state index in [1.807, 2.05) is 10.6 Å². The summed E-state index contributed by atoms with van der Waals surface area (Å²) in [5, 5.41) is 0.104. The van der Waals surface area contributed by atoms with Gasteiger partial charge in [0.05, 0.1) is 21.7 Å². The van der Waals surface area contributed by atoms with E-state index in [4.69, 9.17) is 17.3 Å². The van der Waals surface area contributed by atoms with Gasteiger partial charge in [0.2, 0.25) is 0 Å². The largest absolute Gasteiger partial charge is 0.399 e. The number of hydrogen-bond acceptors (Lipinski definition) is 2. The Kier molecular flexibility index (Phi) is 3.55. The molecule has 0 unspecified atom stereocenters. The van der Waals surface area contributed by atoms with E-state index in [2.05, 4.69) is 11.9 Å². The Morgan fingerprint density at radius 3 is 2.86 bits per heavy atom. The van der Waals surface area contributed by atoms with Crippen molar-refractivity contribution in [3.8, 4) is 5.69 Å². The first-order valence-corrected chi connectivity index (χ1v) is 7.21. The van der Waals surface area contributed by atoms with Crippen molar-refractivity contribution in [2.24, 2.45) is 0 Å². The monoisotopic (exact) mass is 303 g/mol. The van der Waals surface area contributed by atoms with E-state index in [1.54, 1.807) is 24.3 Å². The number of benzene rings is 2. The van der Waals surface area contributed by atoms with Gasteiger partial charge in [-0.1, -0.05) is 24.6 Å². The van der Waals surface area contributed by atoms with Crippen molar-refractivity contribution in [3.05, 3.63) is 53.1 Å². The summed E-state index contributed by atoms with van der Waals surface area (Å²) in [7, 11) is 0. The van der Waals surface area contributed by atoms with E-state index in [1.165, 1.54) is 6.07 Å². The van der Waals surface area contributed by atoms with Gasteiger partial charge in [0.1, 0.15) is 5.82 Å². The van der Waals surface area contributed by atoms with Crippen LogP contribution in [0.5, 0.6) is 0 Å². The molecule has 0 aliphatic heterocycles. The van der Waals surface area contributed by atoms with Crippen molar-refractivity contribution in [2.75, 3.05) is 5.73 Å². The highest BCUT2D eigenvalue weighted by atomic mass is 35.5. The molecule has 0 amide bonds. The molecule has 2 aromatic carbocycles. The summed E-state index contributed by atoms with van der Waals surface area (Å²) < 4.78 is 16.2. The Morgan fingerprint density at radius 1 is 1.29 bits per heavy atom. The van der Waals surface area contributed by atoms with Gasteiger partial charge >= 0.3 is 0 Å². The molecule has 0 saturated carbocycles. The van der Waals surface area contributed by atoms with Gasteiger partial charge in [0, 0.05) is 12.1 Å². The zero-order chi connectivity index (χ0) is 15.0. The minimum absolute atomic E-state index is 0.104. The summed E-state index contributed by atoms with van der Waals surface area (Å²) >= 11 is 5.91. The van der Waals surface area contributed by atoms with Crippen molar-refractivity contribution in [2.45, 2.75) is 19.8 Å². The minimum Gasteiger partial charge on any atom is -0.399 e. The van der Waals surface area contributed by atoms with Crippen LogP contribution in [0.4, 0.5) is 10.1 Å². The second-order valence-corrected chi connectivity index (χ2v) is 5.34. The molecule has 0 aliphatic carbocycles. The highest BCUT2D eigenvalue weighted by molar-refractivity contribution is 6.30. The first-order chi connectivity index (χ1) is 10.1. The maximum absolute atomic E-state index is 14.4. The quantitative estimate of drug-likeness (QED) is 0.731. The molecule has 0 atom stereocenters. The molecular formula is C16H15ClFN3. The van der Waals surface area contributed by atoms with Crippen molar-refractivity contribution < 1.29 is 4.39 Å². The minimum atomic E-state index is -0.437. The first-order valence-electron chi connectivity index (χ1n) is 6.83. The number of anilines is 1. The lowest BCUT2D eigenvalue weighted by atomic mass is 10.2. The van der Waals surface area contributed by atoms with Gasteiger partial charge in [-0.3, -0.25) is 4.57 Å². The molecule has 0 spiro atoms. The van der Waals surface area contributed by atoms with Crippen molar-refractivity contribution >= 4 is 28.3 Å². The third-order valence-electron chi connectivity index (χ3n) is 3.39. The summed E-state index contributed by atoms with van der Waals surface area (Å²) in [6.07, 6.45) is 1.67. The highest BCUT2D eigenvalue weighted by Crippen LogP contribution is 2.28. The van der Waals surface area contributed by atoms with Crippen LogP contribution in [0.25, 0.3) is 16.7 Å². The van der Waals surface area contributed by atoms with Crippen LogP contribution in [0.1, 0.15) is 19.2 Å². The van der Waals surface area contributed by atoms with E-state index in [-0.39, 0.29) is 5.02 Å². The summed E-state index contributed by atoms with van der Waals surface area (Å²) in [5.74, 6) is 0.368. The number of halogens is 2. The number of nitrogen functional groups attached to an aromatic ring is 1. The number of aryl methyl sites for hydroxylation is 1. The first kappa shape index (κ1) is 13.9. The molecule has 3 aromatic rings. The van der Waals surface area contributed by atoms with E-state index in [0.717, 1.165) is 29.7 Å². The van der Waals surface area contributed by atoms with Gasteiger partial charge in [0.15, 0.2) is 5.82 Å². The molecule has 1 heterocycles. The molecule has 2 N–H and O–H groups in total. The fraction of sp³-hybridized carbons (Fsp3) is 0.188. The molecule has 3 nitrogen and oxygen atoms in total. The summed E-state index contributed by atoms with van der Waals surface area (Å²) in [6.45, 7) is 2.06. The standard InChI is InChI=1S/C16H15ClFN3/c1-2-4-15-20-12-9-10(19)7-8-13(12)21(15)14-6-3-5-11(17)16(14)18/h3,5-9H,2,4,19H2,1H3. The molecule has 0 aliphatic rings. The van der Waals surface area contributed by atoms with E-state index < -0.39 is 5.82 Å². The average Bonchev–Trinajstić information content (AvgIpc) is 2.79. The number of nitrogens with zero attached hydrogens (tertiary/aromatic N) is 2. The maximum Gasteiger partial charge on any atom is 0.165 e. The number of rotatable bonds is 3. The van der Waals surface area contributed by atoms with Crippen LogP contribution in [0, 0.1) is 5.82 Å². The van der Waals surface area contributed by atoms with Gasteiger partial charge in [0.25, 0.3) is 0 Å². The second-order valence-electron chi connectivity index (χ2n) is 4.93. The van der Waals surface area contributed by atoms with Crippen molar-refractivity contribution in [1.82, 2.24) is 9.55 Å². The molecule has 0 radical (unpaired) electrons. The number of hydrogen-bond donors (Lipinski definition) is 1. The molecule has 0 saturated heterocycles. The molecule has 3 rings (SSSR count). The van der Waals surface area contributed by atoms with E-state index in [0.29, 0.717) is 11.4 Å². The Bertz CT molecular complexity index is 811. The summed E-state index contributed by atoms with van der Waals surface area (Å²) in [5.41, 5.74) is 8.45. The molecule has 0 bridgehead atoms. The average molecular weight is 304 g/mol. The number of imidazole rings is 1. The SMILES string of the molecule is CCCc1nc2cc(N)ccc2n1-c1cccc(Cl)c1F. The van der Waals surface area contributed by atoms with Crippen LogP contribution in [-0.2, 0) is 6.42 Å². The van der Waals surface area contributed by atoms with Gasteiger partial charge in [-0.25, -0.2) is 9.37 Å². The Hall–Kier alpha value is -2.07. The zero-order valence-corrected chi connectivity index (χ0v) is 12.4. The van der Waals surface area contributed by atoms with Crippen LogP contribution in [-0.4, -0.2) is 9.55 Å². The molecule has 0 fully saturated rings. The topological polar surface area (TPSA) is 43.8 Å². The summed E-state index contributed by atoms with van der Waals surface area (Å²) in [6, 6.07) is 10.4. The molecule has 21 heavy (non-hydrogen) atoms. The second kappa shape index (κ2) is 5.37. The fourth-order valence-electron chi connectivity index (χ4n) is 2.47. The van der Waals surface area contributed by atoms with Crippen LogP contribution in [0.2, 0.25) is 5.02 Å². The van der Waals surface area contributed by atoms with Gasteiger partial charge in [-0.15, -0.1) is 0 Å². The van der Waals surface area contributed by atoms with E-state index in [9.17, 15) is 4.39 Å². The normalized spacial score (nSPS) is 11.2. The third kappa shape index (κ3) is 2.36. The lowest BCUT2D eigenvalue weighted by molar-refractivity contribution is 0.616. The van der Waals surface area contributed by atoms with Crippen molar-refractivity contribution in [3.63, 3.8) is 0 Å². The number of aromatic nitrogens is 2. The lowest BCUT2D eigenvalue weighted by Gasteiger charge is -2.10. The molecule has 108 valence electrons. The lowest BCUT2D eigenvalue weighted by Crippen LogP contribution is -2.03.